The number of unbranched alkanes of at least 4 members (excludes halogenated alkanes) is 2. The molecule has 0 aliphatic heterocycles. The van der Waals surface area contributed by atoms with Crippen LogP contribution in [0.2, 0.25) is 0 Å². The molecule has 2 N–H and O–H groups in total. The molecule has 140 valence electrons. The highest BCUT2D eigenvalue weighted by Gasteiger charge is 2.05. The van der Waals surface area contributed by atoms with Crippen LogP contribution in [0.4, 0.5) is 0 Å². The summed E-state index contributed by atoms with van der Waals surface area (Å²) in [6.45, 7) is 6.71. The van der Waals surface area contributed by atoms with Crippen LogP contribution in [-0.4, -0.2) is 43.9 Å². The number of hydrogen-bond acceptors (Lipinski definition) is 4. The van der Waals surface area contributed by atoms with Gasteiger partial charge in [0, 0.05) is 29.7 Å². The molecule has 0 radical (unpaired) electrons. The largest absolute Gasteiger partial charge is 0.469 e. The standard InChI is InChI=1S/C19H31N3O2S/c1-4-20-19(21-14-10-6-9-13-18(23)24-3)22-15-16(2)25-17-11-7-5-8-12-17/h5,7-8,11-12,16H,4,6,9-10,13-15H2,1-3H3,(H2,20,21,22). The molecular formula is C19H31N3O2S. The molecule has 5 nitrogen and oxygen atoms in total. The van der Waals surface area contributed by atoms with Crippen molar-refractivity contribution in [3.05, 3.63) is 30.3 Å². The van der Waals surface area contributed by atoms with Gasteiger partial charge in [0.15, 0.2) is 5.96 Å². The topological polar surface area (TPSA) is 62.7 Å². The Morgan fingerprint density at radius 3 is 2.64 bits per heavy atom. The van der Waals surface area contributed by atoms with E-state index in [2.05, 4.69) is 58.5 Å². The molecule has 0 aliphatic rings. The summed E-state index contributed by atoms with van der Waals surface area (Å²) in [6, 6.07) is 10.4. The predicted molar refractivity (Wildman–Crippen MR) is 106 cm³/mol. The first-order chi connectivity index (χ1) is 12.2. The molecule has 0 saturated heterocycles. The zero-order chi connectivity index (χ0) is 18.3. The number of rotatable bonds is 11. The van der Waals surface area contributed by atoms with Crippen molar-refractivity contribution < 1.29 is 9.53 Å². The fourth-order valence-corrected chi connectivity index (χ4v) is 3.14. The van der Waals surface area contributed by atoms with Crippen LogP contribution in [-0.2, 0) is 9.53 Å². The summed E-state index contributed by atoms with van der Waals surface area (Å²) in [6.07, 6.45) is 3.38. The zero-order valence-electron chi connectivity index (χ0n) is 15.6. The van der Waals surface area contributed by atoms with Gasteiger partial charge in [-0.25, -0.2) is 0 Å². The highest BCUT2D eigenvalue weighted by atomic mass is 32.2. The molecule has 0 bridgehead atoms. The van der Waals surface area contributed by atoms with Crippen LogP contribution in [0.5, 0.6) is 0 Å². The summed E-state index contributed by atoms with van der Waals surface area (Å²) in [5, 5.41) is 7.05. The Hall–Kier alpha value is -1.69. The van der Waals surface area contributed by atoms with E-state index in [-0.39, 0.29) is 5.97 Å². The lowest BCUT2D eigenvalue weighted by molar-refractivity contribution is -0.140. The van der Waals surface area contributed by atoms with E-state index in [9.17, 15) is 4.79 Å². The zero-order valence-corrected chi connectivity index (χ0v) is 16.4. The third-order valence-electron chi connectivity index (χ3n) is 3.51. The summed E-state index contributed by atoms with van der Waals surface area (Å²) in [5.41, 5.74) is 0. The monoisotopic (exact) mass is 365 g/mol. The van der Waals surface area contributed by atoms with E-state index in [1.807, 2.05) is 17.8 Å². The second-order valence-electron chi connectivity index (χ2n) is 5.77. The predicted octanol–water partition coefficient (Wildman–Crippen LogP) is 3.46. The van der Waals surface area contributed by atoms with Crippen LogP contribution in [0, 0.1) is 0 Å². The molecule has 0 amide bonds. The number of esters is 1. The highest BCUT2D eigenvalue weighted by molar-refractivity contribution is 8.00. The molecule has 0 fully saturated rings. The van der Waals surface area contributed by atoms with Gasteiger partial charge in [-0.15, -0.1) is 11.8 Å². The lowest BCUT2D eigenvalue weighted by Gasteiger charge is -2.13. The van der Waals surface area contributed by atoms with Gasteiger partial charge in [0.1, 0.15) is 0 Å². The normalized spacial score (nSPS) is 12.5. The number of carbonyl (C=O) groups excluding carboxylic acids is 1. The lowest BCUT2D eigenvalue weighted by Crippen LogP contribution is -2.38. The molecule has 1 atom stereocenters. The van der Waals surface area contributed by atoms with Gasteiger partial charge in [-0.3, -0.25) is 9.79 Å². The average molecular weight is 366 g/mol. The Labute approximate surface area is 156 Å². The van der Waals surface area contributed by atoms with Gasteiger partial charge in [0.25, 0.3) is 0 Å². The van der Waals surface area contributed by atoms with E-state index in [0.717, 1.165) is 44.9 Å². The molecule has 0 aliphatic carbocycles. The molecular weight excluding hydrogens is 334 g/mol. The van der Waals surface area contributed by atoms with E-state index in [4.69, 9.17) is 0 Å². The number of thioether (sulfide) groups is 1. The molecule has 0 spiro atoms. The third-order valence-corrected chi connectivity index (χ3v) is 4.60. The number of aliphatic imine (C=N–C) groups is 1. The van der Waals surface area contributed by atoms with E-state index >= 15 is 0 Å². The number of hydrogen-bond donors (Lipinski definition) is 2. The van der Waals surface area contributed by atoms with Crippen molar-refractivity contribution in [1.82, 2.24) is 10.6 Å². The summed E-state index contributed by atoms with van der Waals surface area (Å²) in [7, 11) is 1.43. The maximum Gasteiger partial charge on any atom is 0.305 e. The van der Waals surface area contributed by atoms with Crippen LogP contribution < -0.4 is 10.6 Å². The van der Waals surface area contributed by atoms with E-state index in [1.54, 1.807) is 0 Å². The molecule has 1 unspecified atom stereocenters. The lowest BCUT2D eigenvalue weighted by atomic mass is 10.2. The summed E-state index contributed by atoms with van der Waals surface area (Å²) in [4.78, 5) is 17.0. The number of guanidine groups is 1. The van der Waals surface area contributed by atoms with Crippen LogP contribution >= 0.6 is 11.8 Å². The molecule has 1 rings (SSSR count). The maximum absolute atomic E-state index is 11.0. The average Bonchev–Trinajstić information content (AvgIpc) is 2.63. The first kappa shape index (κ1) is 21.4. The van der Waals surface area contributed by atoms with Gasteiger partial charge in [-0.1, -0.05) is 31.5 Å². The Kier molecular flexibility index (Phi) is 11.6. The summed E-state index contributed by atoms with van der Waals surface area (Å²) >= 11 is 1.84. The number of carbonyl (C=O) groups is 1. The van der Waals surface area contributed by atoms with Crippen LogP contribution in [0.25, 0.3) is 0 Å². The fraction of sp³-hybridized carbons (Fsp3) is 0.579. The van der Waals surface area contributed by atoms with E-state index in [1.165, 1.54) is 12.0 Å². The summed E-state index contributed by atoms with van der Waals surface area (Å²) in [5.74, 6) is 0.726. The van der Waals surface area contributed by atoms with Crippen LogP contribution in [0.3, 0.4) is 0 Å². The third kappa shape index (κ3) is 10.7. The Balaban J connectivity index is 2.27. The minimum absolute atomic E-state index is 0.132. The molecule has 0 aromatic heterocycles. The van der Waals surface area contributed by atoms with Crippen molar-refractivity contribution in [1.29, 1.82) is 0 Å². The molecule has 1 aromatic rings. The van der Waals surface area contributed by atoms with Crippen LogP contribution in [0.15, 0.2) is 40.2 Å². The van der Waals surface area contributed by atoms with Gasteiger partial charge >= 0.3 is 5.97 Å². The van der Waals surface area contributed by atoms with Crippen LogP contribution in [0.1, 0.15) is 39.5 Å². The quantitative estimate of drug-likeness (QED) is 0.207. The van der Waals surface area contributed by atoms with Gasteiger partial charge < -0.3 is 15.4 Å². The number of ether oxygens (including phenoxy) is 1. The molecule has 0 saturated carbocycles. The fourth-order valence-electron chi connectivity index (χ4n) is 2.21. The number of nitrogens with one attached hydrogen (secondary N) is 2. The molecule has 1 aromatic carbocycles. The number of methoxy groups -OCH3 is 1. The molecule has 25 heavy (non-hydrogen) atoms. The van der Waals surface area contributed by atoms with Gasteiger partial charge in [-0.05, 0) is 31.9 Å². The van der Waals surface area contributed by atoms with Gasteiger partial charge in [-0.2, -0.15) is 0 Å². The van der Waals surface area contributed by atoms with Gasteiger partial charge in [0.2, 0.25) is 0 Å². The van der Waals surface area contributed by atoms with Crippen molar-refractivity contribution >= 4 is 23.7 Å². The van der Waals surface area contributed by atoms with Crippen molar-refractivity contribution in [2.45, 2.75) is 49.7 Å². The van der Waals surface area contributed by atoms with E-state index in [0.29, 0.717) is 11.7 Å². The number of nitrogens with zero attached hydrogens (tertiary/aromatic N) is 1. The highest BCUT2D eigenvalue weighted by Crippen LogP contribution is 2.22. The minimum Gasteiger partial charge on any atom is -0.469 e. The van der Waals surface area contributed by atoms with E-state index < -0.39 is 0 Å². The van der Waals surface area contributed by atoms with Crippen molar-refractivity contribution in [2.24, 2.45) is 4.99 Å². The minimum atomic E-state index is -0.132. The molecule has 6 heteroatoms. The Morgan fingerprint density at radius 2 is 1.96 bits per heavy atom. The Morgan fingerprint density at radius 1 is 1.20 bits per heavy atom. The first-order valence-electron chi connectivity index (χ1n) is 8.96. The van der Waals surface area contributed by atoms with Gasteiger partial charge in [0.05, 0.1) is 13.7 Å². The Bertz CT molecular complexity index is 509. The first-order valence-corrected chi connectivity index (χ1v) is 9.84. The van der Waals surface area contributed by atoms with Crippen molar-refractivity contribution in [3.8, 4) is 0 Å². The smallest absolute Gasteiger partial charge is 0.305 e. The van der Waals surface area contributed by atoms with Crippen molar-refractivity contribution in [3.63, 3.8) is 0 Å². The van der Waals surface area contributed by atoms with Crippen molar-refractivity contribution in [2.75, 3.05) is 26.7 Å². The number of benzene rings is 1. The second-order valence-corrected chi connectivity index (χ2v) is 7.29. The molecule has 0 heterocycles. The maximum atomic E-state index is 11.0. The summed E-state index contributed by atoms with van der Waals surface area (Å²) < 4.78 is 4.64. The second kappa shape index (κ2) is 13.6. The SMILES string of the molecule is CCNC(=NCC(C)Sc1ccccc1)NCCCCCC(=O)OC.